The van der Waals surface area contributed by atoms with Crippen molar-refractivity contribution in [3.63, 3.8) is 0 Å². The predicted molar refractivity (Wildman–Crippen MR) is 165 cm³/mol. The topological polar surface area (TPSA) is 36.9 Å². The SMILES string of the molecule is CC(C)CCC[C@@H](C)[C@H]1CC[C@H]2[C@@H]3CC(OC4CCCCO4)=C4C[C@H](OC5CCCCO5)CC[C@]4(C)[C@H]3CC[C@]12C. The van der Waals surface area contributed by atoms with Gasteiger partial charge in [0.1, 0.15) is 0 Å². The van der Waals surface area contributed by atoms with Crippen LogP contribution in [0.25, 0.3) is 0 Å². The van der Waals surface area contributed by atoms with Crippen molar-refractivity contribution in [2.45, 2.75) is 162 Å². The molecule has 6 aliphatic rings. The maximum atomic E-state index is 6.96. The summed E-state index contributed by atoms with van der Waals surface area (Å²) in [6.45, 7) is 14.4. The van der Waals surface area contributed by atoms with E-state index in [2.05, 4.69) is 34.6 Å². The van der Waals surface area contributed by atoms with Crippen LogP contribution in [0.3, 0.4) is 0 Å². The Labute approximate surface area is 252 Å². The highest BCUT2D eigenvalue weighted by molar-refractivity contribution is 5.29. The van der Waals surface area contributed by atoms with E-state index in [4.69, 9.17) is 18.9 Å². The molecule has 10 atom stereocenters. The number of hydrogen-bond acceptors (Lipinski definition) is 4. The van der Waals surface area contributed by atoms with Gasteiger partial charge in [-0.2, -0.15) is 0 Å². The highest BCUT2D eigenvalue weighted by Crippen LogP contribution is 2.68. The Morgan fingerprint density at radius 1 is 0.780 bits per heavy atom. The Morgan fingerprint density at radius 3 is 2.24 bits per heavy atom. The number of allylic oxidation sites excluding steroid dienone is 1. The molecule has 4 nitrogen and oxygen atoms in total. The molecule has 0 N–H and O–H groups in total. The third kappa shape index (κ3) is 6.19. The lowest BCUT2D eigenvalue weighted by atomic mass is 9.46. The lowest BCUT2D eigenvalue weighted by molar-refractivity contribution is -0.197. The monoisotopic (exact) mass is 570 g/mol. The third-order valence-electron chi connectivity index (χ3n) is 13.2. The molecule has 4 aliphatic carbocycles. The van der Waals surface area contributed by atoms with Crippen molar-refractivity contribution in [1.82, 2.24) is 0 Å². The Morgan fingerprint density at radius 2 is 1.54 bits per heavy atom. The fourth-order valence-electron chi connectivity index (χ4n) is 11.0. The van der Waals surface area contributed by atoms with E-state index in [9.17, 15) is 0 Å². The van der Waals surface area contributed by atoms with Crippen LogP contribution in [-0.4, -0.2) is 31.9 Å². The second kappa shape index (κ2) is 12.8. The summed E-state index contributed by atoms with van der Waals surface area (Å²) in [5.74, 6) is 6.28. The molecule has 234 valence electrons. The van der Waals surface area contributed by atoms with E-state index < -0.39 is 0 Å². The molecule has 0 spiro atoms. The summed E-state index contributed by atoms with van der Waals surface area (Å²) in [6, 6.07) is 0. The lowest BCUT2D eigenvalue weighted by Crippen LogP contribution is -2.52. The maximum absolute atomic E-state index is 6.96. The molecule has 0 radical (unpaired) electrons. The zero-order valence-electron chi connectivity index (χ0n) is 27.3. The molecule has 2 aliphatic heterocycles. The average molecular weight is 571 g/mol. The summed E-state index contributed by atoms with van der Waals surface area (Å²) in [5, 5.41) is 0. The normalized spacial score (nSPS) is 43.8. The minimum Gasteiger partial charge on any atom is -0.469 e. The van der Waals surface area contributed by atoms with Crippen molar-refractivity contribution >= 4 is 0 Å². The van der Waals surface area contributed by atoms with Crippen molar-refractivity contribution in [2.75, 3.05) is 13.2 Å². The van der Waals surface area contributed by atoms with E-state index in [1.807, 2.05) is 0 Å². The van der Waals surface area contributed by atoms with Crippen molar-refractivity contribution in [2.24, 2.45) is 46.3 Å². The summed E-state index contributed by atoms with van der Waals surface area (Å²) >= 11 is 0. The molecule has 2 heterocycles. The largest absolute Gasteiger partial charge is 0.469 e. The van der Waals surface area contributed by atoms with Gasteiger partial charge in [0, 0.05) is 19.4 Å². The second-order valence-corrected chi connectivity index (χ2v) is 16.1. The fourth-order valence-corrected chi connectivity index (χ4v) is 11.0. The quantitative estimate of drug-likeness (QED) is 0.276. The Hall–Kier alpha value is -0.580. The van der Waals surface area contributed by atoms with Crippen LogP contribution in [0.4, 0.5) is 0 Å². The number of fused-ring (bicyclic) bond motifs is 5. The molecule has 0 aromatic rings. The van der Waals surface area contributed by atoms with Gasteiger partial charge in [-0.15, -0.1) is 0 Å². The fraction of sp³-hybridized carbons (Fsp3) is 0.946. The van der Waals surface area contributed by atoms with Crippen LogP contribution in [0.15, 0.2) is 11.3 Å². The zero-order valence-corrected chi connectivity index (χ0v) is 27.3. The molecule has 41 heavy (non-hydrogen) atoms. The van der Waals surface area contributed by atoms with Crippen molar-refractivity contribution < 1.29 is 18.9 Å². The van der Waals surface area contributed by atoms with Gasteiger partial charge in [-0.25, -0.2) is 0 Å². The van der Waals surface area contributed by atoms with E-state index in [1.165, 1.54) is 82.8 Å². The van der Waals surface area contributed by atoms with Gasteiger partial charge >= 0.3 is 0 Å². The van der Waals surface area contributed by atoms with Crippen molar-refractivity contribution in [3.05, 3.63) is 11.3 Å². The highest BCUT2D eigenvalue weighted by atomic mass is 16.7. The molecule has 6 rings (SSSR count). The summed E-state index contributed by atoms with van der Waals surface area (Å²) in [4.78, 5) is 0. The Kier molecular flexibility index (Phi) is 9.51. The lowest BCUT2D eigenvalue weighted by Gasteiger charge is -2.59. The van der Waals surface area contributed by atoms with E-state index in [0.29, 0.717) is 5.41 Å². The summed E-state index contributed by atoms with van der Waals surface area (Å²) in [6.07, 6.45) is 21.6. The molecule has 0 bridgehead atoms. The van der Waals surface area contributed by atoms with Gasteiger partial charge in [0.05, 0.1) is 18.5 Å². The minimum absolute atomic E-state index is 0.00516. The Bertz CT molecular complexity index is 901. The minimum atomic E-state index is -0.0534. The van der Waals surface area contributed by atoms with Crippen molar-refractivity contribution in [1.29, 1.82) is 0 Å². The Balaban J connectivity index is 1.23. The summed E-state index contributed by atoms with van der Waals surface area (Å²) in [5.41, 5.74) is 2.33. The molecule has 2 saturated heterocycles. The summed E-state index contributed by atoms with van der Waals surface area (Å²) in [7, 11) is 0. The van der Waals surface area contributed by atoms with Crippen LogP contribution in [0.2, 0.25) is 0 Å². The number of hydrogen-bond donors (Lipinski definition) is 0. The first-order valence-corrected chi connectivity index (χ1v) is 18.1. The number of ether oxygens (including phenoxy) is 4. The van der Waals surface area contributed by atoms with Gasteiger partial charge in [-0.05, 0) is 129 Å². The molecule has 5 fully saturated rings. The zero-order chi connectivity index (χ0) is 28.6. The predicted octanol–water partition coefficient (Wildman–Crippen LogP) is 9.81. The highest BCUT2D eigenvalue weighted by Gasteiger charge is 2.60. The van der Waals surface area contributed by atoms with Gasteiger partial charge < -0.3 is 18.9 Å². The van der Waals surface area contributed by atoms with E-state index in [1.54, 1.807) is 5.57 Å². The number of rotatable bonds is 9. The van der Waals surface area contributed by atoms with Crippen LogP contribution < -0.4 is 0 Å². The van der Waals surface area contributed by atoms with E-state index in [-0.39, 0.29) is 24.1 Å². The summed E-state index contributed by atoms with van der Waals surface area (Å²) < 4.78 is 25.8. The van der Waals surface area contributed by atoms with Crippen LogP contribution in [0.5, 0.6) is 0 Å². The van der Waals surface area contributed by atoms with Crippen LogP contribution >= 0.6 is 0 Å². The molecule has 3 saturated carbocycles. The van der Waals surface area contributed by atoms with Crippen LogP contribution in [-0.2, 0) is 18.9 Å². The van der Waals surface area contributed by atoms with Crippen molar-refractivity contribution in [3.8, 4) is 0 Å². The maximum Gasteiger partial charge on any atom is 0.199 e. The van der Waals surface area contributed by atoms with Gasteiger partial charge in [-0.1, -0.05) is 53.9 Å². The first-order valence-electron chi connectivity index (χ1n) is 18.1. The average Bonchev–Trinajstić information content (AvgIpc) is 3.32. The molecule has 0 amide bonds. The molecule has 0 aromatic heterocycles. The standard InChI is InChI=1S/C37H62O4/c1-25(2)11-10-12-26(3)29-15-16-30-28-24-33(41-35-14-7-9-22-39-35)32-23-27(40-34-13-6-8-21-38-34)17-19-37(32,5)31(28)18-20-36(29,30)4/h25-31,34-35H,6-24H2,1-5H3/t26-,27-,28+,29-,30+,31+,34?,35?,36-,37-/m1/s1. The van der Waals surface area contributed by atoms with E-state index >= 15 is 0 Å². The molecule has 2 unspecified atom stereocenters. The molecular formula is C37H62O4. The first-order chi connectivity index (χ1) is 19.8. The molecule has 4 heteroatoms. The van der Waals surface area contributed by atoms with Crippen LogP contribution in [0, 0.1) is 46.3 Å². The molecule has 0 aromatic carbocycles. The van der Waals surface area contributed by atoms with E-state index in [0.717, 1.165) is 80.8 Å². The van der Waals surface area contributed by atoms with Gasteiger partial charge in [0.2, 0.25) is 0 Å². The van der Waals surface area contributed by atoms with Gasteiger partial charge in [-0.3, -0.25) is 0 Å². The molecular weight excluding hydrogens is 508 g/mol. The first kappa shape index (κ1) is 30.4. The van der Waals surface area contributed by atoms with Gasteiger partial charge in [0.15, 0.2) is 12.6 Å². The second-order valence-electron chi connectivity index (χ2n) is 16.1. The van der Waals surface area contributed by atoms with Gasteiger partial charge in [0.25, 0.3) is 0 Å². The third-order valence-corrected chi connectivity index (χ3v) is 13.2. The van der Waals surface area contributed by atoms with Crippen LogP contribution in [0.1, 0.15) is 144 Å². The smallest absolute Gasteiger partial charge is 0.199 e.